The Balaban J connectivity index is 0.618. The largest absolute Gasteiger partial charge is 0.310 e. The van der Waals surface area contributed by atoms with Crippen LogP contribution in [0.1, 0.15) is 122 Å². The smallest absolute Gasteiger partial charge is 0.0468 e. The van der Waals surface area contributed by atoms with Gasteiger partial charge < -0.3 is 9.80 Å². The summed E-state index contributed by atoms with van der Waals surface area (Å²) in [6, 6.07) is 101. The summed E-state index contributed by atoms with van der Waals surface area (Å²) in [5, 5.41) is 4.94. The van der Waals surface area contributed by atoms with Crippen LogP contribution in [0.2, 0.25) is 0 Å². The van der Waals surface area contributed by atoms with Gasteiger partial charge in [0.2, 0.25) is 0 Å². The van der Waals surface area contributed by atoms with Crippen LogP contribution in [-0.2, 0) is 21.7 Å². The SMILES string of the molecule is CC1(C)c2ccccc2-c2ccc(N(c3ccc4c(c3)C(C)(C)c3cc(C=Cc5ccc(C=Cc6ccc7c(c6)C(C)(C)c6cc(N(c8ccc9c(c8)C(C)(C)c8ccccc8-9)c8ccc9ccccc9c8)ccc6-7)cc5)ccc3-4)c3ccc4ccccc4c3)cc21. The van der Waals surface area contributed by atoms with E-state index in [-0.39, 0.29) is 21.7 Å². The number of nitrogens with zero attached hydrogens (tertiary/aromatic N) is 2. The number of hydrogen-bond donors (Lipinski definition) is 0. The maximum Gasteiger partial charge on any atom is 0.0468 e. The Morgan fingerprint density at radius 1 is 0.196 bits per heavy atom. The van der Waals surface area contributed by atoms with Crippen molar-refractivity contribution in [2.24, 2.45) is 0 Å². The lowest BCUT2D eigenvalue weighted by molar-refractivity contribution is 0.659. The van der Waals surface area contributed by atoms with Crippen LogP contribution < -0.4 is 9.80 Å². The fourth-order valence-corrected chi connectivity index (χ4v) is 16.3. The topological polar surface area (TPSA) is 6.48 Å². The van der Waals surface area contributed by atoms with Crippen LogP contribution in [0.15, 0.2) is 267 Å². The molecule has 4 aliphatic rings. The van der Waals surface area contributed by atoms with Crippen molar-refractivity contribution in [3.63, 3.8) is 0 Å². The highest BCUT2D eigenvalue weighted by Gasteiger charge is 2.40. The maximum absolute atomic E-state index is 2.47. The van der Waals surface area contributed by atoms with Crippen molar-refractivity contribution in [1.29, 1.82) is 0 Å². The Morgan fingerprint density at radius 3 is 0.793 bits per heavy atom. The minimum absolute atomic E-state index is 0.112. The predicted octanol–water partition coefficient (Wildman–Crippen LogP) is 24.5. The van der Waals surface area contributed by atoms with E-state index in [9.17, 15) is 0 Å². The van der Waals surface area contributed by atoms with E-state index < -0.39 is 0 Å². The molecule has 0 atom stereocenters. The molecule has 2 nitrogen and oxygen atoms in total. The van der Waals surface area contributed by atoms with Crippen LogP contribution >= 0.6 is 0 Å². The van der Waals surface area contributed by atoms with Gasteiger partial charge in [-0.05, 0) is 206 Å². The second-order valence-electron chi connectivity index (χ2n) is 28.2. The molecular formula is C90H72N2. The first-order valence-corrected chi connectivity index (χ1v) is 32.7. The summed E-state index contributed by atoms with van der Waals surface area (Å²) in [4.78, 5) is 4.94. The Morgan fingerprint density at radius 2 is 0.435 bits per heavy atom. The predicted molar refractivity (Wildman–Crippen MR) is 392 cm³/mol. The average Bonchev–Trinajstić information content (AvgIpc) is 1.58. The first-order chi connectivity index (χ1) is 44.6. The van der Waals surface area contributed by atoms with E-state index in [2.05, 4.69) is 356 Å². The van der Waals surface area contributed by atoms with Crippen LogP contribution in [0.25, 0.3) is 90.4 Å². The molecule has 0 unspecified atom stereocenters. The van der Waals surface area contributed by atoms with Crippen molar-refractivity contribution < 1.29 is 0 Å². The summed E-state index contributed by atoms with van der Waals surface area (Å²) in [5.41, 5.74) is 32.5. The Kier molecular flexibility index (Phi) is 12.4. The minimum atomic E-state index is -0.215. The second kappa shape index (κ2) is 20.5. The van der Waals surface area contributed by atoms with Crippen molar-refractivity contribution in [3.8, 4) is 44.5 Å². The molecule has 0 saturated heterocycles. The third-order valence-corrected chi connectivity index (χ3v) is 21.4. The van der Waals surface area contributed by atoms with Crippen LogP contribution in [0, 0.1) is 0 Å². The minimum Gasteiger partial charge on any atom is -0.310 e. The molecule has 0 saturated carbocycles. The molecule has 13 aromatic carbocycles. The lowest BCUT2D eigenvalue weighted by Gasteiger charge is -2.30. The number of hydrogen-bond acceptors (Lipinski definition) is 2. The van der Waals surface area contributed by atoms with E-state index in [0.717, 1.165) is 22.7 Å². The molecule has 0 N–H and O–H groups in total. The molecule has 4 aliphatic carbocycles. The molecule has 0 spiro atoms. The Hall–Kier alpha value is -10.5. The molecule has 0 amide bonds. The summed E-state index contributed by atoms with van der Waals surface area (Å²) >= 11 is 0. The Labute approximate surface area is 541 Å². The van der Waals surface area contributed by atoms with Gasteiger partial charge in [-0.25, -0.2) is 0 Å². The zero-order valence-electron chi connectivity index (χ0n) is 53.6. The molecule has 0 aliphatic heterocycles. The number of benzene rings is 13. The van der Waals surface area contributed by atoms with Crippen molar-refractivity contribution in [1.82, 2.24) is 0 Å². The maximum atomic E-state index is 2.47. The second-order valence-corrected chi connectivity index (χ2v) is 28.2. The van der Waals surface area contributed by atoms with Gasteiger partial charge in [-0.1, -0.05) is 274 Å². The number of fused-ring (bicyclic) bond motifs is 14. The van der Waals surface area contributed by atoms with Crippen LogP contribution in [-0.4, -0.2) is 0 Å². The molecule has 92 heavy (non-hydrogen) atoms. The van der Waals surface area contributed by atoms with Gasteiger partial charge in [-0.3, -0.25) is 0 Å². The van der Waals surface area contributed by atoms with Crippen molar-refractivity contribution in [2.45, 2.75) is 77.0 Å². The molecule has 442 valence electrons. The summed E-state index contributed by atoms with van der Waals surface area (Å²) in [7, 11) is 0. The molecule has 2 heteroatoms. The number of anilines is 6. The standard InChI is InChI=1S/C90H72N2/c1-87(2)79-23-15-13-21-71(79)75-45-39-67(53-83(75)87)91(65-37-35-61-17-9-11-19-63(61)51-65)69-41-47-77-73-43-33-59(49-81(73)89(5,6)85(77)55-69)31-29-57-25-27-58(28-26-57)30-32-60-34-44-74-78-48-42-70(56-86(78)90(7,8)82(74)50-60)92(66-38-36-62-18-10-12-20-64(62)52-66)68-40-46-76-72-22-14-16-24-80(72)88(3,4)84(76)54-68/h9-56H,1-8H3. The number of rotatable bonds is 10. The third kappa shape index (κ3) is 8.67. The molecular weight excluding hydrogens is 1110 g/mol. The van der Waals surface area contributed by atoms with Crippen molar-refractivity contribution in [2.75, 3.05) is 9.80 Å². The van der Waals surface area contributed by atoms with E-state index in [1.54, 1.807) is 0 Å². The first-order valence-electron chi connectivity index (χ1n) is 32.7. The molecule has 13 aromatic rings. The third-order valence-electron chi connectivity index (χ3n) is 21.4. The molecule has 0 bridgehead atoms. The van der Waals surface area contributed by atoms with Crippen LogP contribution in [0.4, 0.5) is 34.1 Å². The van der Waals surface area contributed by atoms with E-state index >= 15 is 0 Å². The summed E-state index contributed by atoms with van der Waals surface area (Å²) in [6.07, 6.45) is 9.04. The lowest BCUT2D eigenvalue weighted by Crippen LogP contribution is -2.18. The molecule has 0 heterocycles. The fourth-order valence-electron chi connectivity index (χ4n) is 16.3. The van der Waals surface area contributed by atoms with Gasteiger partial charge in [-0.2, -0.15) is 0 Å². The summed E-state index contributed by atoms with van der Waals surface area (Å²) in [5.74, 6) is 0. The molecule has 0 radical (unpaired) electrons. The van der Waals surface area contributed by atoms with Crippen LogP contribution in [0.3, 0.4) is 0 Å². The molecule has 17 rings (SSSR count). The van der Waals surface area contributed by atoms with Gasteiger partial charge in [0.05, 0.1) is 0 Å². The van der Waals surface area contributed by atoms with E-state index in [1.165, 1.54) is 144 Å². The zero-order valence-corrected chi connectivity index (χ0v) is 53.6. The molecule has 0 fully saturated rings. The van der Waals surface area contributed by atoms with E-state index in [1.807, 2.05) is 0 Å². The average molecular weight is 1180 g/mol. The Bertz CT molecular complexity index is 4960. The highest BCUT2D eigenvalue weighted by Crippen LogP contribution is 2.56. The van der Waals surface area contributed by atoms with E-state index in [4.69, 9.17) is 0 Å². The monoisotopic (exact) mass is 1180 g/mol. The van der Waals surface area contributed by atoms with Gasteiger partial charge >= 0.3 is 0 Å². The summed E-state index contributed by atoms with van der Waals surface area (Å²) < 4.78 is 0. The van der Waals surface area contributed by atoms with Gasteiger partial charge in [0.15, 0.2) is 0 Å². The highest BCUT2D eigenvalue weighted by atomic mass is 15.1. The van der Waals surface area contributed by atoms with Gasteiger partial charge in [0, 0.05) is 55.8 Å². The van der Waals surface area contributed by atoms with Gasteiger partial charge in [0.25, 0.3) is 0 Å². The normalized spacial score (nSPS) is 15.2. The summed E-state index contributed by atoms with van der Waals surface area (Å²) in [6.45, 7) is 19.1. The first kappa shape index (κ1) is 55.5. The van der Waals surface area contributed by atoms with Crippen molar-refractivity contribution in [3.05, 3.63) is 334 Å². The van der Waals surface area contributed by atoms with Gasteiger partial charge in [0.1, 0.15) is 0 Å². The van der Waals surface area contributed by atoms with E-state index in [0.29, 0.717) is 0 Å². The zero-order chi connectivity index (χ0) is 62.4. The highest BCUT2D eigenvalue weighted by molar-refractivity contribution is 5.95. The quantitative estimate of drug-likeness (QED) is 0.126. The molecule has 0 aromatic heterocycles. The van der Waals surface area contributed by atoms with Crippen molar-refractivity contribution >= 4 is 80.0 Å². The lowest BCUT2D eigenvalue weighted by atomic mass is 9.81. The van der Waals surface area contributed by atoms with Gasteiger partial charge in [-0.15, -0.1) is 0 Å². The van der Waals surface area contributed by atoms with Crippen LogP contribution in [0.5, 0.6) is 0 Å². The fraction of sp³-hybridized carbons (Fsp3) is 0.133.